The Kier molecular flexibility index (Phi) is 3.77. The molecule has 2 aromatic carbocycles. The smallest absolute Gasteiger partial charge is 0.272 e. The first-order chi connectivity index (χ1) is 10.7. The first-order valence-electron chi connectivity index (χ1n) is 6.53. The molecule has 0 atom stereocenters. The molecule has 1 heterocycles. The van der Waals surface area contributed by atoms with Gasteiger partial charge in [0.2, 0.25) is 0 Å². The van der Waals surface area contributed by atoms with Gasteiger partial charge in [-0.25, -0.2) is 4.31 Å². The Balaban J connectivity index is 1.89. The number of rotatable bonds is 4. The SMILES string of the molecule is COc1ccc(SN2C(=O)c3ccccc3C2=O)cc1OC. The van der Waals surface area contributed by atoms with Crippen LogP contribution in [0.15, 0.2) is 47.4 Å². The van der Waals surface area contributed by atoms with Gasteiger partial charge in [-0.15, -0.1) is 0 Å². The molecule has 1 aliphatic heterocycles. The van der Waals surface area contributed by atoms with E-state index in [1.54, 1.807) is 49.6 Å². The van der Waals surface area contributed by atoms with Crippen molar-refractivity contribution in [1.29, 1.82) is 0 Å². The van der Waals surface area contributed by atoms with Crippen molar-refractivity contribution in [1.82, 2.24) is 4.31 Å². The lowest BCUT2D eigenvalue weighted by atomic mass is 10.1. The summed E-state index contributed by atoms with van der Waals surface area (Å²) in [5, 5.41) is 0. The van der Waals surface area contributed by atoms with E-state index in [4.69, 9.17) is 9.47 Å². The molecule has 2 aromatic rings. The Morgan fingerprint density at radius 3 is 2.00 bits per heavy atom. The maximum absolute atomic E-state index is 12.3. The van der Waals surface area contributed by atoms with Crippen LogP contribution in [0.25, 0.3) is 0 Å². The zero-order chi connectivity index (χ0) is 15.7. The maximum Gasteiger partial charge on any atom is 0.272 e. The van der Waals surface area contributed by atoms with Crippen molar-refractivity contribution in [3.05, 3.63) is 53.6 Å². The number of ether oxygens (including phenoxy) is 2. The second-order valence-corrected chi connectivity index (χ2v) is 5.58. The van der Waals surface area contributed by atoms with E-state index in [-0.39, 0.29) is 11.8 Å². The monoisotopic (exact) mass is 315 g/mol. The van der Waals surface area contributed by atoms with Gasteiger partial charge in [-0.05, 0) is 42.3 Å². The first kappa shape index (κ1) is 14.5. The lowest BCUT2D eigenvalue weighted by Gasteiger charge is -2.14. The van der Waals surface area contributed by atoms with Gasteiger partial charge < -0.3 is 9.47 Å². The van der Waals surface area contributed by atoms with Crippen molar-refractivity contribution in [2.24, 2.45) is 0 Å². The van der Waals surface area contributed by atoms with Gasteiger partial charge in [0.25, 0.3) is 11.8 Å². The number of imide groups is 1. The largest absolute Gasteiger partial charge is 0.493 e. The number of methoxy groups -OCH3 is 2. The van der Waals surface area contributed by atoms with E-state index in [0.29, 0.717) is 27.5 Å². The molecule has 0 spiro atoms. The molecule has 0 aromatic heterocycles. The van der Waals surface area contributed by atoms with Crippen LogP contribution < -0.4 is 9.47 Å². The average molecular weight is 315 g/mol. The van der Waals surface area contributed by atoms with Crippen LogP contribution in [0.2, 0.25) is 0 Å². The second-order valence-electron chi connectivity index (χ2n) is 4.56. The molecule has 0 saturated carbocycles. The van der Waals surface area contributed by atoms with Gasteiger partial charge >= 0.3 is 0 Å². The third-order valence-electron chi connectivity index (χ3n) is 3.31. The fourth-order valence-electron chi connectivity index (χ4n) is 2.23. The van der Waals surface area contributed by atoms with E-state index in [2.05, 4.69) is 0 Å². The predicted molar refractivity (Wildman–Crippen MR) is 82.3 cm³/mol. The molecule has 112 valence electrons. The number of hydrogen-bond acceptors (Lipinski definition) is 5. The summed E-state index contributed by atoms with van der Waals surface area (Å²) in [6.07, 6.45) is 0. The Labute approximate surface area is 132 Å². The van der Waals surface area contributed by atoms with Crippen molar-refractivity contribution < 1.29 is 19.1 Å². The minimum atomic E-state index is -0.305. The van der Waals surface area contributed by atoms with Gasteiger partial charge in [0, 0.05) is 4.90 Å². The number of carbonyl (C=O) groups excluding carboxylic acids is 2. The van der Waals surface area contributed by atoms with Gasteiger partial charge in [-0.3, -0.25) is 9.59 Å². The summed E-state index contributed by atoms with van der Waals surface area (Å²) < 4.78 is 11.6. The third-order valence-corrected chi connectivity index (χ3v) is 4.29. The fraction of sp³-hybridized carbons (Fsp3) is 0.125. The number of carbonyl (C=O) groups is 2. The van der Waals surface area contributed by atoms with Crippen LogP contribution in [0, 0.1) is 0 Å². The highest BCUT2D eigenvalue weighted by Gasteiger charge is 2.36. The number of benzene rings is 2. The summed E-state index contributed by atoms with van der Waals surface area (Å²) in [7, 11) is 3.09. The molecule has 5 nitrogen and oxygen atoms in total. The number of hydrogen-bond donors (Lipinski definition) is 0. The van der Waals surface area contributed by atoms with Gasteiger partial charge in [0.1, 0.15) is 0 Å². The first-order valence-corrected chi connectivity index (χ1v) is 7.31. The highest BCUT2D eigenvalue weighted by atomic mass is 32.2. The van der Waals surface area contributed by atoms with Crippen LogP contribution in [0.4, 0.5) is 0 Å². The molecule has 0 unspecified atom stereocenters. The number of fused-ring (bicyclic) bond motifs is 1. The van der Waals surface area contributed by atoms with Gasteiger partial charge in [-0.1, -0.05) is 12.1 Å². The van der Waals surface area contributed by atoms with E-state index in [9.17, 15) is 9.59 Å². The zero-order valence-electron chi connectivity index (χ0n) is 12.0. The Bertz CT molecular complexity index is 725. The van der Waals surface area contributed by atoms with Crippen molar-refractivity contribution >= 4 is 23.8 Å². The predicted octanol–water partition coefficient (Wildman–Crippen LogP) is 3.01. The van der Waals surface area contributed by atoms with E-state index in [1.165, 1.54) is 7.11 Å². The molecule has 0 radical (unpaired) electrons. The fourth-order valence-corrected chi connectivity index (χ4v) is 3.09. The van der Waals surface area contributed by atoms with E-state index < -0.39 is 0 Å². The minimum Gasteiger partial charge on any atom is -0.493 e. The van der Waals surface area contributed by atoms with Gasteiger partial charge in [-0.2, -0.15) is 0 Å². The van der Waals surface area contributed by atoms with Crippen LogP contribution >= 0.6 is 11.9 Å². The molecule has 2 amide bonds. The molecule has 0 N–H and O–H groups in total. The highest BCUT2D eigenvalue weighted by molar-refractivity contribution is 7.98. The van der Waals surface area contributed by atoms with Crippen LogP contribution in [0.5, 0.6) is 11.5 Å². The summed E-state index contributed by atoms with van der Waals surface area (Å²) in [5.41, 5.74) is 0.862. The zero-order valence-corrected chi connectivity index (χ0v) is 12.8. The average Bonchev–Trinajstić information content (AvgIpc) is 2.80. The molecule has 22 heavy (non-hydrogen) atoms. The van der Waals surface area contributed by atoms with Gasteiger partial charge in [0.05, 0.1) is 25.3 Å². The summed E-state index contributed by atoms with van der Waals surface area (Å²) >= 11 is 1.07. The number of amides is 2. The van der Waals surface area contributed by atoms with Crippen molar-refractivity contribution in [2.45, 2.75) is 4.90 Å². The van der Waals surface area contributed by atoms with Crippen LogP contribution in [-0.2, 0) is 0 Å². The molecule has 0 aliphatic carbocycles. The number of nitrogens with zero attached hydrogens (tertiary/aromatic N) is 1. The molecule has 3 rings (SSSR count). The molecule has 0 fully saturated rings. The lowest BCUT2D eigenvalue weighted by Crippen LogP contribution is -2.21. The molecular weight excluding hydrogens is 302 g/mol. The second kappa shape index (κ2) is 5.73. The summed E-state index contributed by atoms with van der Waals surface area (Å²) in [6, 6.07) is 12.0. The molecule has 0 saturated heterocycles. The van der Waals surface area contributed by atoms with Crippen LogP contribution in [0.3, 0.4) is 0 Å². The van der Waals surface area contributed by atoms with Crippen LogP contribution in [0.1, 0.15) is 20.7 Å². The van der Waals surface area contributed by atoms with Gasteiger partial charge in [0.15, 0.2) is 11.5 Å². The Morgan fingerprint density at radius 1 is 0.864 bits per heavy atom. The van der Waals surface area contributed by atoms with E-state index in [1.807, 2.05) is 0 Å². The molecule has 0 bridgehead atoms. The highest BCUT2D eigenvalue weighted by Crippen LogP contribution is 2.36. The molecule has 6 heteroatoms. The minimum absolute atomic E-state index is 0.305. The molecular formula is C16H13NO4S. The van der Waals surface area contributed by atoms with E-state index >= 15 is 0 Å². The molecule has 1 aliphatic rings. The van der Waals surface area contributed by atoms with Crippen molar-refractivity contribution in [3.8, 4) is 11.5 Å². The van der Waals surface area contributed by atoms with E-state index in [0.717, 1.165) is 16.3 Å². The Morgan fingerprint density at radius 2 is 1.45 bits per heavy atom. The topological polar surface area (TPSA) is 55.8 Å². The normalized spacial score (nSPS) is 13.3. The van der Waals surface area contributed by atoms with Crippen LogP contribution in [-0.4, -0.2) is 30.3 Å². The quantitative estimate of drug-likeness (QED) is 0.641. The standard InChI is InChI=1S/C16H13NO4S/c1-20-13-8-7-10(9-14(13)21-2)22-17-15(18)11-5-3-4-6-12(11)16(17)19/h3-9H,1-2H3. The van der Waals surface area contributed by atoms with Crippen molar-refractivity contribution in [3.63, 3.8) is 0 Å². The summed E-state index contributed by atoms with van der Waals surface area (Å²) in [4.78, 5) is 25.3. The summed E-state index contributed by atoms with van der Waals surface area (Å²) in [6.45, 7) is 0. The third kappa shape index (κ3) is 2.31. The van der Waals surface area contributed by atoms with Crippen molar-refractivity contribution in [2.75, 3.05) is 14.2 Å². The summed E-state index contributed by atoms with van der Waals surface area (Å²) in [5.74, 6) is 0.527. The lowest BCUT2D eigenvalue weighted by molar-refractivity contribution is 0.0777. The maximum atomic E-state index is 12.3. The Hall–Kier alpha value is -2.47.